The molecule has 3 aliphatic rings. The minimum Gasteiger partial charge on any atom is -0.467 e. The van der Waals surface area contributed by atoms with Crippen molar-refractivity contribution in [3.63, 3.8) is 0 Å². The lowest BCUT2D eigenvalue weighted by atomic mass is 9.93. The number of hydrogen-bond donors (Lipinski definition) is 3. The lowest BCUT2D eigenvalue weighted by Gasteiger charge is -2.43. The quantitative estimate of drug-likeness (QED) is 0.283. The number of hydrogen-bond acceptors (Lipinski definition) is 12. The number of benzene rings is 1. The lowest BCUT2D eigenvalue weighted by Crippen LogP contribution is -2.55. The van der Waals surface area contributed by atoms with Crippen molar-refractivity contribution in [2.24, 2.45) is 5.92 Å². The van der Waals surface area contributed by atoms with E-state index in [1.165, 1.54) is 7.11 Å². The second-order valence-corrected chi connectivity index (χ2v) is 12.3. The van der Waals surface area contributed by atoms with Crippen LogP contribution < -0.4 is 15.4 Å². The SMILES string of the molecule is COc1nc(N2C3CCC2CN(CC(CO)CO)C3)c2c3c(c(-c4ncc(F)c5sc(N)c(C#N)c45)c(F)c2n1)COC3. The molecule has 2 bridgehead atoms. The topological polar surface area (TPSA) is 154 Å². The van der Waals surface area contributed by atoms with Crippen LogP contribution >= 0.6 is 11.3 Å². The van der Waals surface area contributed by atoms with Crippen molar-refractivity contribution in [3.05, 3.63) is 34.5 Å². The summed E-state index contributed by atoms with van der Waals surface area (Å²) in [6.45, 7) is 2.09. The molecule has 2 atom stereocenters. The monoisotopic (exact) mass is 609 g/mol. The summed E-state index contributed by atoms with van der Waals surface area (Å²) in [5, 5.41) is 29.9. The Labute approximate surface area is 249 Å². The number of aromatic nitrogens is 3. The second-order valence-electron chi connectivity index (χ2n) is 11.3. The number of pyridine rings is 1. The van der Waals surface area contributed by atoms with E-state index >= 15 is 4.39 Å². The van der Waals surface area contributed by atoms with E-state index in [2.05, 4.69) is 19.8 Å². The lowest BCUT2D eigenvalue weighted by molar-refractivity contribution is 0.0991. The maximum atomic E-state index is 16.9. The maximum Gasteiger partial charge on any atom is 0.318 e. The van der Waals surface area contributed by atoms with Crippen LogP contribution in [0.3, 0.4) is 0 Å². The number of anilines is 2. The summed E-state index contributed by atoms with van der Waals surface area (Å²) in [6.07, 6.45) is 2.83. The Kier molecular flexibility index (Phi) is 7.02. The number of ether oxygens (including phenoxy) is 2. The van der Waals surface area contributed by atoms with Gasteiger partial charge in [0.05, 0.1) is 47.9 Å². The van der Waals surface area contributed by atoms with Gasteiger partial charge in [0.15, 0.2) is 11.6 Å². The Morgan fingerprint density at radius 3 is 2.56 bits per heavy atom. The van der Waals surface area contributed by atoms with E-state index in [-0.39, 0.29) is 87.9 Å². The van der Waals surface area contributed by atoms with Gasteiger partial charge in [-0.2, -0.15) is 15.2 Å². The van der Waals surface area contributed by atoms with Crippen molar-refractivity contribution in [1.82, 2.24) is 19.9 Å². The van der Waals surface area contributed by atoms with Gasteiger partial charge in [0.2, 0.25) is 0 Å². The van der Waals surface area contributed by atoms with E-state index in [4.69, 9.17) is 20.2 Å². The molecule has 2 saturated heterocycles. The van der Waals surface area contributed by atoms with E-state index in [1.807, 2.05) is 6.07 Å². The fourth-order valence-corrected chi connectivity index (χ4v) is 7.85. The summed E-state index contributed by atoms with van der Waals surface area (Å²) in [5.41, 5.74) is 7.61. The summed E-state index contributed by atoms with van der Waals surface area (Å²) in [7, 11) is 1.43. The highest BCUT2D eigenvalue weighted by atomic mass is 32.1. The molecule has 2 fully saturated rings. The highest BCUT2D eigenvalue weighted by Gasteiger charge is 2.43. The summed E-state index contributed by atoms with van der Waals surface area (Å²) in [5.74, 6) is -0.978. The molecule has 4 N–H and O–H groups in total. The predicted molar refractivity (Wildman–Crippen MR) is 156 cm³/mol. The van der Waals surface area contributed by atoms with Crippen molar-refractivity contribution < 1.29 is 28.5 Å². The summed E-state index contributed by atoms with van der Waals surface area (Å²) >= 11 is 0.925. The number of likely N-dealkylation sites (tertiary alicyclic amines) is 1. The van der Waals surface area contributed by atoms with Gasteiger partial charge in [0, 0.05) is 61.8 Å². The van der Waals surface area contributed by atoms with Crippen LogP contribution in [0.25, 0.3) is 32.2 Å². The van der Waals surface area contributed by atoms with Gasteiger partial charge in [-0.25, -0.2) is 8.78 Å². The van der Waals surface area contributed by atoms with Crippen molar-refractivity contribution in [1.29, 1.82) is 5.26 Å². The molecule has 11 nitrogen and oxygen atoms in total. The molecule has 4 aromatic rings. The molecule has 0 aliphatic carbocycles. The average Bonchev–Trinajstić information content (AvgIpc) is 3.70. The molecule has 0 spiro atoms. The van der Waals surface area contributed by atoms with Crippen LogP contribution in [0.1, 0.15) is 29.5 Å². The molecule has 224 valence electrons. The fourth-order valence-electron chi connectivity index (χ4n) is 6.93. The van der Waals surface area contributed by atoms with Gasteiger partial charge < -0.3 is 30.3 Å². The van der Waals surface area contributed by atoms with Crippen LogP contribution in [-0.2, 0) is 18.0 Å². The number of halogens is 2. The smallest absolute Gasteiger partial charge is 0.318 e. The number of nitrogens with zero attached hydrogens (tertiary/aromatic N) is 6. The van der Waals surface area contributed by atoms with Crippen molar-refractivity contribution in [2.45, 2.75) is 38.1 Å². The molecule has 0 amide bonds. The predicted octanol–water partition coefficient (Wildman–Crippen LogP) is 2.93. The zero-order valence-corrected chi connectivity index (χ0v) is 24.1. The first-order chi connectivity index (χ1) is 20.9. The molecule has 43 heavy (non-hydrogen) atoms. The molecule has 0 radical (unpaired) electrons. The number of fused-ring (bicyclic) bond motifs is 6. The maximum absolute atomic E-state index is 16.9. The summed E-state index contributed by atoms with van der Waals surface area (Å²) < 4.78 is 43.2. The van der Waals surface area contributed by atoms with E-state index in [0.29, 0.717) is 42.0 Å². The number of thiophene rings is 1. The van der Waals surface area contributed by atoms with Gasteiger partial charge >= 0.3 is 6.01 Å². The Morgan fingerprint density at radius 1 is 1.16 bits per heavy atom. The number of nitriles is 1. The summed E-state index contributed by atoms with van der Waals surface area (Å²) in [6, 6.07) is 2.18. The molecule has 3 aromatic heterocycles. The standard InChI is InChI=1S/C29H29F2N7O4S/c1-41-29-35-25-22(28(36-29)38-14-2-3-15(38)8-37(7-14)6-13(9-39)10-40)18-12-42-11-17(18)20(23(25)31)24-21-16(4-32)27(33)43-26(21)19(30)5-34-24/h5,13-15,39-40H,2-3,6-12,33H2,1H3. The van der Waals surface area contributed by atoms with Crippen LogP contribution in [0, 0.1) is 28.9 Å². The van der Waals surface area contributed by atoms with E-state index in [9.17, 15) is 19.9 Å². The van der Waals surface area contributed by atoms with Gasteiger partial charge in [-0.05, 0) is 24.0 Å². The third kappa shape index (κ3) is 4.29. The van der Waals surface area contributed by atoms with Gasteiger partial charge in [-0.15, -0.1) is 11.3 Å². The molecule has 1 aromatic carbocycles. The molecular formula is C29H29F2N7O4S. The minimum absolute atomic E-state index is 0.00312. The number of nitrogens with two attached hydrogens (primary N) is 1. The number of piperazine rings is 1. The van der Waals surface area contributed by atoms with Crippen LogP contribution in [0.2, 0.25) is 0 Å². The highest BCUT2D eigenvalue weighted by Crippen LogP contribution is 2.48. The average molecular weight is 610 g/mol. The van der Waals surface area contributed by atoms with Crippen molar-refractivity contribution >= 4 is 43.1 Å². The number of aliphatic hydroxyl groups excluding tert-OH is 2. The Balaban J connectivity index is 1.43. The first-order valence-electron chi connectivity index (χ1n) is 14.0. The molecule has 2 unspecified atom stereocenters. The van der Waals surface area contributed by atoms with Crippen LogP contribution in [0.5, 0.6) is 6.01 Å². The van der Waals surface area contributed by atoms with Gasteiger partial charge in [-0.1, -0.05) is 0 Å². The number of methoxy groups -OCH3 is 1. The van der Waals surface area contributed by atoms with Crippen molar-refractivity contribution in [2.75, 3.05) is 50.6 Å². The van der Waals surface area contributed by atoms with Crippen LogP contribution in [-0.4, -0.2) is 82.1 Å². The molecule has 14 heteroatoms. The normalized spacial score (nSPS) is 20.0. The largest absolute Gasteiger partial charge is 0.467 e. The Bertz CT molecular complexity index is 1790. The highest BCUT2D eigenvalue weighted by molar-refractivity contribution is 7.23. The zero-order valence-electron chi connectivity index (χ0n) is 23.3. The Morgan fingerprint density at radius 2 is 1.88 bits per heavy atom. The third-order valence-electron chi connectivity index (χ3n) is 8.82. The summed E-state index contributed by atoms with van der Waals surface area (Å²) in [4.78, 5) is 18.0. The van der Waals surface area contributed by atoms with E-state index in [1.54, 1.807) is 0 Å². The molecule has 3 aliphatic heterocycles. The van der Waals surface area contributed by atoms with E-state index in [0.717, 1.165) is 30.4 Å². The van der Waals surface area contributed by atoms with Gasteiger partial charge in [-0.3, -0.25) is 9.88 Å². The zero-order chi connectivity index (χ0) is 30.0. The molecule has 7 rings (SSSR count). The van der Waals surface area contributed by atoms with E-state index < -0.39 is 11.6 Å². The molecule has 6 heterocycles. The number of rotatable bonds is 7. The third-order valence-corrected chi connectivity index (χ3v) is 9.85. The Hall–Kier alpha value is -3.74. The van der Waals surface area contributed by atoms with Crippen LogP contribution in [0.15, 0.2) is 6.20 Å². The van der Waals surface area contributed by atoms with Gasteiger partial charge in [0.1, 0.15) is 22.4 Å². The minimum atomic E-state index is -0.685. The first kappa shape index (κ1) is 28.1. The van der Waals surface area contributed by atoms with Crippen molar-refractivity contribution in [3.8, 4) is 23.3 Å². The fraction of sp³-hybridized carbons (Fsp3) is 0.448. The molecule has 0 saturated carbocycles. The second kappa shape index (κ2) is 10.8. The number of nitrogen functional groups attached to an aromatic ring is 1. The first-order valence-corrected chi connectivity index (χ1v) is 14.9. The van der Waals surface area contributed by atoms with Gasteiger partial charge in [0.25, 0.3) is 0 Å². The number of aliphatic hydroxyl groups is 2. The molecular weight excluding hydrogens is 580 g/mol. The van der Waals surface area contributed by atoms with Crippen LogP contribution in [0.4, 0.5) is 19.6 Å².